The van der Waals surface area contributed by atoms with Crippen molar-refractivity contribution < 1.29 is 22.5 Å². The van der Waals surface area contributed by atoms with E-state index < -0.39 is 16.0 Å². The molecule has 11 heteroatoms. The van der Waals surface area contributed by atoms with Gasteiger partial charge in [-0.3, -0.25) is 0 Å². The van der Waals surface area contributed by atoms with E-state index in [1.165, 1.54) is 33.8 Å². The maximum absolute atomic E-state index is 12.7. The fourth-order valence-electron chi connectivity index (χ4n) is 2.56. The van der Waals surface area contributed by atoms with Crippen LogP contribution in [-0.4, -0.2) is 41.9 Å². The molecule has 0 unspecified atom stereocenters. The summed E-state index contributed by atoms with van der Waals surface area (Å²) in [6, 6.07) is 7.67. The van der Waals surface area contributed by atoms with Gasteiger partial charge in [0, 0.05) is 13.1 Å². The zero-order valence-corrected chi connectivity index (χ0v) is 18.1. The largest absolute Gasteiger partial charge is 0.452 e. The normalized spacial score (nSPS) is 11.7. The van der Waals surface area contributed by atoms with Gasteiger partial charge in [-0.15, -0.1) is 11.3 Å². The number of nitrogens with zero attached hydrogens (tertiary/aromatic N) is 3. The van der Waals surface area contributed by atoms with Crippen molar-refractivity contribution in [3.05, 3.63) is 52.2 Å². The summed E-state index contributed by atoms with van der Waals surface area (Å²) in [5, 5.41) is 5.75. The molecule has 0 amide bonds. The second-order valence-electron chi connectivity index (χ2n) is 5.80. The van der Waals surface area contributed by atoms with Gasteiger partial charge in [-0.25, -0.2) is 13.2 Å². The van der Waals surface area contributed by atoms with Gasteiger partial charge in [-0.1, -0.05) is 36.7 Å². The lowest BCUT2D eigenvalue weighted by molar-refractivity contribution is 0.0429. The highest BCUT2D eigenvalue weighted by molar-refractivity contribution is 7.89. The summed E-state index contributed by atoms with van der Waals surface area (Å²) in [4.78, 5) is 17.2. The molecule has 154 valence electrons. The summed E-state index contributed by atoms with van der Waals surface area (Å²) in [6.07, 6.45) is 0. The number of esters is 1. The molecule has 0 aliphatic rings. The third-order valence-electron chi connectivity index (χ3n) is 4.03. The van der Waals surface area contributed by atoms with Gasteiger partial charge in [-0.05, 0) is 29.6 Å². The van der Waals surface area contributed by atoms with Gasteiger partial charge < -0.3 is 9.26 Å². The number of benzene rings is 1. The molecule has 1 aromatic carbocycles. The van der Waals surface area contributed by atoms with Gasteiger partial charge in [0.1, 0.15) is 4.90 Å². The minimum Gasteiger partial charge on any atom is -0.452 e. The van der Waals surface area contributed by atoms with Crippen LogP contribution in [0.3, 0.4) is 0 Å². The first-order chi connectivity index (χ1) is 13.9. The highest BCUT2D eigenvalue weighted by Gasteiger charge is 2.26. The summed E-state index contributed by atoms with van der Waals surface area (Å²) in [6.45, 7) is 3.78. The molecular weight excluding hydrogens is 438 g/mol. The third-order valence-corrected chi connectivity index (χ3v) is 7.42. The molecule has 29 heavy (non-hydrogen) atoms. The zero-order valence-electron chi connectivity index (χ0n) is 15.7. The Balaban J connectivity index is 1.75. The standard InChI is InChI=1S/C18H18ClN3O5S2/c1-3-22(4-2)29(24,25)15-10-12(7-8-13(15)19)18(23)26-11-16-20-17(21-27-16)14-6-5-9-28-14/h5-10H,3-4,11H2,1-2H3. The number of thiophene rings is 1. The Morgan fingerprint density at radius 3 is 2.69 bits per heavy atom. The van der Waals surface area contributed by atoms with Crippen LogP contribution in [0.15, 0.2) is 45.1 Å². The molecule has 0 bridgehead atoms. The maximum Gasteiger partial charge on any atom is 0.338 e. The number of carbonyl (C=O) groups excluding carboxylic acids is 1. The van der Waals surface area contributed by atoms with Crippen LogP contribution in [0.5, 0.6) is 0 Å². The van der Waals surface area contributed by atoms with E-state index in [1.807, 2.05) is 17.5 Å². The van der Waals surface area contributed by atoms with Crippen molar-refractivity contribution in [3.63, 3.8) is 0 Å². The van der Waals surface area contributed by atoms with Gasteiger partial charge >= 0.3 is 5.97 Å². The number of hydrogen-bond acceptors (Lipinski definition) is 8. The second kappa shape index (κ2) is 9.04. The van der Waals surface area contributed by atoms with Gasteiger partial charge in [0.25, 0.3) is 5.89 Å². The first kappa shape index (κ1) is 21.4. The van der Waals surface area contributed by atoms with Crippen LogP contribution in [0.25, 0.3) is 10.7 Å². The van der Waals surface area contributed by atoms with Crippen molar-refractivity contribution in [2.24, 2.45) is 0 Å². The maximum atomic E-state index is 12.7. The van der Waals surface area contributed by atoms with E-state index in [4.69, 9.17) is 20.9 Å². The van der Waals surface area contributed by atoms with Crippen LogP contribution in [0, 0.1) is 0 Å². The third kappa shape index (κ3) is 4.67. The lowest BCUT2D eigenvalue weighted by atomic mass is 10.2. The van der Waals surface area contributed by atoms with E-state index in [0.29, 0.717) is 5.82 Å². The minimum atomic E-state index is -3.82. The predicted molar refractivity (Wildman–Crippen MR) is 108 cm³/mol. The van der Waals surface area contributed by atoms with Crippen LogP contribution in [0.1, 0.15) is 30.1 Å². The van der Waals surface area contributed by atoms with Crippen LogP contribution >= 0.6 is 22.9 Å². The summed E-state index contributed by atoms with van der Waals surface area (Å²) >= 11 is 7.53. The summed E-state index contributed by atoms with van der Waals surface area (Å²) < 4.78 is 37.0. The van der Waals surface area contributed by atoms with E-state index in [2.05, 4.69) is 10.1 Å². The Morgan fingerprint density at radius 1 is 1.28 bits per heavy atom. The van der Waals surface area contributed by atoms with Gasteiger partial charge in [-0.2, -0.15) is 9.29 Å². The van der Waals surface area contributed by atoms with E-state index in [9.17, 15) is 13.2 Å². The molecule has 2 aromatic heterocycles. The molecule has 0 atom stereocenters. The Labute approximate surface area is 177 Å². The predicted octanol–water partition coefficient (Wildman–Crippen LogP) is 3.84. The fraction of sp³-hybridized carbons (Fsp3) is 0.278. The SMILES string of the molecule is CCN(CC)S(=O)(=O)c1cc(C(=O)OCc2nc(-c3cccs3)no2)ccc1Cl. The van der Waals surface area contributed by atoms with Crippen molar-refractivity contribution in [1.29, 1.82) is 0 Å². The molecule has 0 fully saturated rings. The van der Waals surface area contributed by atoms with Gasteiger partial charge in [0.15, 0.2) is 6.61 Å². The Morgan fingerprint density at radius 2 is 2.03 bits per heavy atom. The van der Waals surface area contributed by atoms with E-state index >= 15 is 0 Å². The molecule has 8 nitrogen and oxygen atoms in total. The highest BCUT2D eigenvalue weighted by atomic mass is 35.5. The molecule has 0 spiro atoms. The van der Waals surface area contributed by atoms with E-state index in [0.717, 1.165) is 4.88 Å². The first-order valence-corrected chi connectivity index (χ1v) is 11.4. The number of sulfonamides is 1. The second-order valence-corrected chi connectivity index (χ2v) is 9.06. The lowest BCUT2D eigenvalue weighted by Crippen LogP contribution is -2.31. The smallest absolute Gasteiger partial charge is 0.338 e. The molecule has 0 aliphatic carbocycles. The number of halogens is 1. The number of hydrogen-bond donors (Lipinski definition) is 0. The Bertz CT molecular complexity index is 1090. The molecule has 0 saturated carbocycles. The number of ether oxygens (including phenoxy) is 1. The summed E-state index contributed by atoms with van der Waals surface area (Å²) in [5.41, 5.74) is 0.0538. The summed E-state index contributed by atoms with van der Waals surface area (Å²) in [7, 11) is -3.82. The average Bonchev–Trinajstić information content (AvgIpc) is 3.38. The summed E-state index contributed by atoms with van der Waals surface area (Å²) in [5.74, 6) is -0.189. The van der Waals surface area contributed by atoms with Crippen LogP contribution in [-0.2, 0) is 21.4 Å². The minimum absolute atomic E-state index is 0.0333. The van der Waals surface area contributed by atoms with E-state index in [1.54, 1.807) is 13.8 Å². The Hall–Kier alpha value is -2.27. The van der Waals surface area contributed by atoms with E-state index in [-0.39, 0.29) is 41.1 Å². The monoisotopic (exact) mass is 455 g/mol. The fourth-order valence-corrected chi connectivity index (χ4v) is 5.17. The molecule has 0 aliphatic heterocycles. The molecular formula is C18H18ClN3O5S2. The topological polar surface area (TPSA) is 103 Å². The number of rotatable bonds is 8. The van der Waals surface area contributed by atoms with Crippen molar-refractivity contribution in [2.45, 2.75) is 25.3 Å². The Kier molecular flexibility index (Phi) is 6.68. The van der Waals surface area contributed by atoms with Gasteiger partial charge in [0.05, 0.1) is 15.5 Å². The van der Waals surface area contributed by atoms with Crippen LogP contribution < -0.4 is 0 Å². The van der Waals surface area contributed by atoms with Crippen molar-refractivity contribution in [3.8, 4) is 10.7 Å². The molecule has 0 saturated heterocycles. The van der Waals surface area contributed by atoms with Crippen molar-refractivity contribution in [2.75, 3.05) is 13.1 Å². The lowest BCUT2D eigenvalue weighted by Gasteiger charge is -2.19. The van der Waals surface area contributed by atoms with Crippen LogP contribution in [0.4, 0.5) is 0 Å². The first-order valence-electron chi connectivity index (χ1n) is 8.70. The zero-order chi connectivity index (χ0) is 21.0. The quantitative estimate of drug-likeness (QED) is 0.475. The average molecular weight is 456 g/mol. The number of aromatic nitrogens is 2. The molecule has 2 heterocycles. The van der Waals surface area contributed by atoms with Crippen molar-refractivity contribution in [1.82, 2.24) is 14.4 Å². The van der Waals surface area contributed by atoms with Crippen LogP contribution in [0.2, 0.25) is 5.02 Å². The number of carbonyl (C=O) groups is 1. The molecule has 0 radical (unpaired) electrons. The molecule has 3 rings (SSSR count). The van der Waals surface area contributed by atoms with Gasteiger partial charge in [0.2, 0.25) is 15.8 Å². The highest BCUT2D eigenvalue weighted by Crippen LogP contribution is 2.26. The molecule has 0 N–H and O–H groups in total. The molecule has 3 aromatic rings. The van der Waals surface area contributed by atoms with Crippen molar-refractivity contribution >= 4 is 38.9 Å².